The molecule has 0 radical (unpaired) electrons. The van der Waals surface area contributed by atoms with Crippen LogP contribution in [0.2, 0.25) is 0 Å². The van der Waals surface area contributed by atoms with Gasteiger partial charge in [-0.3, -0.25) is 0 Å². The van der Waals surface area contributed by atoms with E-state index in [1.807, 2.05) is 66.7 Å². The third kappa shape index (κ3) is 7.26. The third-order valence-electron chi connectivity index (χ3n) is 5.55. The minimum Gasteiger partial charge on any atom is -0.375 e. The van der Waals surface area contributed by atoms with E-state index in [9.17, 15) is 4.79 Å². The molecule has 1 aliphatic rings. The van der Waals surface area contributed by atoms with Crippen molar-refractivity contribution in [3.63, 3.8) is 0 Å². The molecule has 0 aliphatic heterocycles. The number of hydrogen-bond donors (Lipinski definition) is 0. The Hall–Kier alpha value is -2.23. The Morgan fingerprint density at radius 3 is 1.79 bits per heavy atom. The van der Waals surface area contributed by atoms with E-state index in [1.54, 1.807) is 0 Å². The van der Waals surface area contributed by atoms with Gasteiger partial charge in [0.1, 0.15) is 6.29 Å². The first-order valence-corrected chi connectivity index (χ1v) is 10.7. The quantitative estimate of drug-likeness (QED) is 0.361. The van der Waals surface area contributed by atoms with Crippen molar-refractivity contribution in [2.24, 2.45) is 11.3 Å². The first-order valence-electron chi connectivity index (χ1n) is 10.7. The number of allylic oxidation sites excluding steroid dienone is 1. The fourth-order valence-electron chi connectivity index (χ4n) is 3.77. The van der Waals surface area contributed by atoms with Crippen molar-refractivity contribution >= 4 is 6.29 Å². The predicted octanol–water partition coefficient (Wildman–Crippen LogP) is 5.74. The average molecular weight is 393 g/mol. The molecule has 29 heavy (non-hydrogen) atoms. The van der Waals surface area contributed by atoms with Crippen LogP contribution in [-0.2, 0) is 27.5 Å². The summed E-state index contributed by atoms with van der Waals surface area (Å²) in [4.78, 5) is 12.2. The lowest BCUT2D eigenvalue weighted by molar-refractivity contribution is -0.121. The Bertz CT molecular complexity index is 688. The molecule has 154 valence electrons. The molecule has 0 heterocycles. The van der Waals surface area contributed by atoms with Crippen molar-refractivity contribution in [3.8, 4) is 0 Å². The van der Waals surface area contributed by atoms with Crippen LogP contribution in [0.4, 0.5) is 0 Å². The van der Waals surface area contributed by atoms with Gasteiger partial charge in [0.2, 0.25) is 0 Å². The second-order valence-electron chi connectivity index (χ2n) is 8.07. The highest BCUT2D eigenvalue weighted by atomic mass is 16.5. The summed E-state index contributed by atoms with van der Waals surface area (Å²) in [5.41, 5.74) is 1.46. The summed E-state index contributed by atoms with van der Waals surface area (Å²) >= 11 is 0. The number of aldehydes is 1. The molecule has 0 amide bonds. The molecule has 3 rings (SSSR count). The highest BCUT2D eigenvalue weighted by Crippen LogP contribution is 2.27. The van der Waals surface area contributed by atoms with Crippen LogP contribution in [0.25, 0.3) is 0 Å². The fraction of sp³-hybridized carbons (Fsp3) is 0.423. The van der Waals surface area contributed by atoms with Gasteiger partial charge in [-0.05, 0) is 29.9 Å². The molecule has 0 aromatic heterocycles. The number of ether oxygens (including phenoxy) is 2. The molecule has 0 N–H and O–H groups in total. The van der Waals surface area contributed by atoms with E-state index < -0.39 is 5.41 Å². The third-order valence-corrected chi connectivity index (χ3v) is 5.55. The number of carbonyl (C=O) groups excluding carboxylic acids is 1. The van der Waals surface area contributed by atoms with Crippen LogP contribution in [-0.4, -0.2) is 19.5 Å². The van der Waals surface area contributed by atoms with E-state index in [4.69, 9.17) is 9.47 Å². The minimum atomic E-state index is -0.749. The van der Waals surface area contributed by atoms with E-state index in [2.05, 4.69) is 6.08 Å². The number of benzene rings is 2. The highest BCUT2D eigenvalue weighted by Gasteiger charge is 2.28. The van der Waals surface area contributed by atoms with Crippen LogP contribution in [0.15, 0.2) is 72.8 Å². The van der Waals surface area contributed by atoms with Crippen LogP contribution in [0.3, 0.4) is 0 Å². The van der Waals surface area contributed by atoms with Crippen LogP contribution >= 0.6 is 0 Å². The zero-order valence-corrected chi connectivity index (χ0v) is 17.2. The lowest BCUT2D eigenvalue weighted by Crippen LogP contribution is -2.32. The van der Waals surface area contributed by atoms with Crippen LogP contribution < -0.4 is 0 Å². The molecule has 0 bridgehead atoms. The summed E-state index contributed by atoms with van der Waals surface area (Å²) in [6, 6.07) is 20.1. The van der Waals surface area contributed by atoms with Crippen LogP contribution in [0.5, 0.6) is 0 Å². The molecular formula is C26H32O3. The van der Waals surface area contributed by atoms with E-state index in [1.165, 1.54) is 32.1 Å². The van der Waals surface area contributed by atoms with Gasteiger partial charge in [-0.25, -0.2) is 0 Å². The summed E-state index contributed by atoms with van der Waals surface area (Å²) < 4.78 is 11.9. The molecule has 2 aromatic carbocycles. The lowest BCUT2D eigenvalue weighted by Gasteiger charge is -2.26. The molecule has 0 unspecified atom stereocenters. The Morgan fingerprint density at radius 1 is 0.793 bits per heavy atom. The zero-order chi connectivity index (χ0) is 20.2. The van der Waals surface area contributed by atoms with E-state index in [0.717, 1.165) is 17.4 Å². The van der Waals surface area contributed by atoms with Crippen molar-refractivity contribution in [2.75, 3.05) is 13.2 Å². The maximum atomic E-state index is 12.2. The first-order chi connectivity index (χ1) is 14.3. The molecule has 2 aromatic rings. The summed E-state index contributed by atoms with van der Waals surface area (Å²) in [7, 11) is 0. The SMILES string of the molecule is O=CC(/C=C/C1CCCCC1)(COCc1ccccc1)COCc1ccccc1. The Balaban J connectivity index is 1.62. The van der Waals surface area contributed by atoms with Gasteiger partial charge >= 0.3 is 0 Å². The van der Waals surface area contributed by atoms with Crippen LogP contribution in [0, 0.1) is 11.3 Å². The summed E-state index contributed by atoms with van der Waals surface area (Å²) in [6.45, 7) is 1.63. The van der Waals surface area contributed by atoms with Gasteiger partial charge in [0.25, 0.3) is 0 Å². The molecule has 1 fully saturated rings. The molecular weight excluding hydrogens is 360 g/mol. The summed E-state index contributed by atoms with van der Waals surface area (Å²) in [5, 5.41) is 0. The first kappa shape index (κ1) is 21.5. The molecule has 3 nitrogen and oxygen atoms in total. The van der Waals surface area contributed by atoms with Crippen molar-refractivity contribution in [1.82, 2.24) is 0 Å². The largest absolute Gasteiger partial charge is 0.375 e. The Morgan fingerprint density at radius 2 is 1.31 bits per heavy atom. The Kier molecular flexibility index (Phi) is 8.66. The standard InChI is InChI=1S/C26H32O3/c27-20-26(17-16-23-10-4-1-5-11-23,21-28-18-24-12-6-2-7-13-24)22-29-19-25-14-8-3-9-15-25/h2-3,6-9,12-17,20,23H,1,4-5,10-11,18-19,21-22H2/b17-16+. The number of carbonyl (C=O) groups is 1. The van der Waals surface area contributed by atoms with Gasteiger partial charge in [-0.2, -0.15) is 0 Å². The topological polar surface area (TPSA) is 35.5 Å². The predicted molar refractivity (Wildman–Crippen MR) is 116 cm³/mol. The van der Waals surface area contributed by atoms with Gasteiger partial charge in [0.15, 0.2) is 0 Å². The van der Waals surface area contributed by atoms with Crippen molar-refractivity contribution in [2.45, 2.75) is 45.3 Å². The second kappa shape index (κ2) is 11.7. The van der Waals surface area contributed by atoms with Gasteiger partial charge < -0.3 is 14.3 Å². The summed E-state index contributed by atoms with van der Waals surface area (Å²) in [6.07, 6.45) is 11.6. The minimum absolute atomic E-state index is 0.323. The highest BCUT2D eigenvalue weighted by molar-refractivity contribution is 5.63. The monoisotopic (exact) mass is 392 g/mol. The van der Waals surface area contributed by atoms with E-state index >= 15 is 0 Å². The molecule has 0 saturated heterocycles. The van der Waals surface area contributed by atoms with Crippen molar-refractivity contribution < 1.29 is 14.3 Å². The summed E-state index contributed by atoms with van der Waals surface area (Å²) in [5.74, 6) is 0.561. The second-order valence-corrected chi connectivity index (χ2v) is 8.07. The van der Waals surface area contributed by atoms with Crippen molar-refractivity contribution in [3.05, 3.63) is 83.9 Å². The normalized spacial score (nSPS) is 15.6. The number of rotatable bonds is 11. The average Bonchev–Trinajstić information content (AvgIpc) is 2.79. The fourth-order valence-corrected chi connectivity index (χ4v) is 3.77. The number of hydrogen-bond acceptors (Lipinski definition) is 3. The lowest BCUT2D eigenvalue weighted by atomic mass is 9.85. The zero-order valence-electron chi connectivity index (χ0n) is 17.2. The Labute approximate surface area is 174 Å². The van der Waals surface area contributed by atoms with Gasteiger partial charge in [-0.1, -0.05) is 92.1 Å². The molecule has 3 heteroatoms. The molecule has 1 aliphatic carbocycles. The van der Waals surface area contributed by atoms with Gasteiger partial charge in [-0.15, -0.1) is 0 Å². The molecule has 1 saturated carbocycles. The van der Waals surface area contributed by atoms with Crippen molar-refractivity contribution in [1.29, 1.82) is 0 Å². The van der Waals surface area contributed by atoms with Gasteiger partial charge in [0, 0.05) is 0 Å². The maximum Gasteiger partial charge on any atom is 0.134 e. The smallest absolute Gasteiger partial charge is 0.134 e. The van der Waals surface area contributed by atoms with Crippen LogP contribution in [0.1, 0.15) is 43.2 Å². The molecule has 0 atom stereocenters. The van der Waals surface area contributed by atoms with Gasteiger partial charge in [0.05, 0.1) is 31.8 Å². The van der Waals surface area contributed by atoms with E-state index in [0.29, 0.717) is 32.3 Å². The molecule has 0 spiro atoms. The van der Waals surface area contributed by atoms with E-state index in [-0.39, 0.29) is 0 Å². The maximum absolute atomic E-state index is 12.2.